The number of likely N-dealkylation sites (tertiary alicyclic amines) is 1. The van der Waals surface area contributed by atoms with Crippen molar-refractivity contribution < 1.29 is 9.53 Å². The smallest absolute Gasteiger partial charge is 0.255 e. The fourth-order valence-corrected chi connectivity index (χ4v) is 3.87. The van der Waals surface area contributed by atoms with Crippen molar-refractivity contribution in [3.05, 3.63) is 72.3 Å². The summed E-state index contributed by atoms with van der Waals surface area (Å²) >= 11 is 0. The van der Waals surface area contributed by atoms with Gasteiger partial charge < -0.3 is 15.4 Å². The highest BCUT2D eigenvalue weighted by atomic mass is 16.5. The van der Waals surface area contributed by atoms with Gasteiger partial charge in [0.25, 0.3) is 5.91 Å². The van der Waals surface area contributed by atoms with Gasteiger partial charge >= 0.3 is 0 Å². The zero-order valence-electron chi connectivity index (χ0n) is 15.4. The topological polar surface area (TPSA) is 53.6 Å². The summed E-state index contributed by atoms with van der Waals surface area (Å²) in [6.45, 7) is 6.88. The van der Waals surface area contributed by atoms with Crippen LogP contribution in [-0.4, -0.2) is 36.2 Å². The first-order valence-electron chi connectivity index (χ1n) is 9.43. The second-order valence-corrected chi connectivity index (χ2v) is 7.19. The first-order valence-corrected chi connectivity index (χ1v) is 9.43. The van der Waals surface area contributed by atoms with Crippen LogP contribution in [0.3, 0.4) is 0 Å². The molecule has 5 heteroatoms. The highest BCUT2D eigenvalue weighted by Gasteiger charge is 2.39. The van der Waals surface area contributed by atoms with E-state index in [4.69, 9.17) is 4.74 Å². The highest BCUT2D eigenvalue weighted by Crippen LogP contribution is 2.32. The summed E-state index contributed by atoms with van der Waals surface area (Å²) in [7, 11) is 0. The lowest BCUT2D eigenvalue weighted by Crippen LogP contribution is -2.62. The number of amides is 1. The maximum Gasteiger partial charge on any atom is 0.255 e. The standard InChI is InChI=1S/C22H25N3O2/c1-2-15-27-20-10-6-3-7-17(20)16-25-13-11-22(12-14-25)23-19-9-5-4-8-18(19)21(26)24-22/h2-10,23H,1,11-16H2,(H,24,26). The number of hydrogen-bond donors (Lipinski definition) is 2. The van der Waals surface area contributed by atoms with Crippen molar-refractivity contribution in [2.45, 2.75) is 25.0 Å². The van der Waals surface area contributed by atoms with Gasteiger partial charge in [0.2, 0.25) is 0 Å². The largest absolute Gasteiger partial charge is 0.489 e. The fourth-order valence-electron chi connectivity index (χ4n) is 3.87. The molecule has 0 aliphatic carbocycles. The van der Waals surface area contributed by atoms with Crippen molar-refractivity contribution in [2.75, 3.05) is 25.0 Å². The molecule has 4 rings (SSSR count). The molecule has 27 heavy (non-hydrogen) atoms. The molecule has 2 N–H and O–H groups in total. The Morgan fingerprint density at radius 3 is 2.63 bits per heavy atom. The number of ether oxygens (including phenoxy) is 1. The van der Waals surface area contributed by atoms with Crippen molar-refractivity contribution in [1.29, 1.82) is 0 Å². The summed E-state index contributed by atoms with van der Waals surface area (Å²) in [5.41, 5.74) is 2.49. The number of carbonyl (C=O) groups is 1. The Kier molecular flexibility index (Phi) is 4.86. The molecule has 0 atom stereocenters. The Labute approximate surface area is 160 Å². The lowest BCUT2D eigenvalue weighted by Gasteiger charge is -2.46. The van der Waals surface area contributed by atoms with Crippen LogP contribution in [0.1, 0.15) is 28.8 Å². The number of fused-ring (bicyclic) bond motifs is 1. The normalized spacial score (nSPS) is 18.3. The Morgan fingerprint density at radius 1 is 1.07 bits per heavy atom. The van der Waals surface area contributed by atoms with Gasteiger partial charge in [-0.25, -0.2) is 0 Å². The first kappa shape index (κ1) is 17.6. The molecule has 0 aromatic heterocycles. The Hall–Kier alpha value is -2.79. The molecule has 0 radical (unpaired) electrons. The number of nitrogens with one attached hydrogen (secondary N) is 2. The van der Waals surface area contributed by atoms with Gasteiger partial charge in [0.05, 0.1) is 5.56 Å². The van der Waals surface area contributed by atoms with E-state index < -0.39 is 0 Å². The molecule has 140 valence electrons. The summed E-state index contributed by atoms with van der Waals surface area (Å²) in [4.78, 5) is 14.9. The number of para-hydroxylation sites is 2. The molecule has 1 saturated heterocycles. The Balaban J connectivity index is 1.42. The summed E-state index contributed by atoms with van der Waals surface area (Å²) in [6.07, 6.45) is 3.49. The van der Waals surface area contributed by atoms with Crippen LogP contribution in [0.4, 0.5) is 5.69 Å². The summed E-state index contributed by atoms with van der Waals surface area (Å²) in [5.74, 6) is 0.927. The minimum Gasteiger partial charge on any atom is -0.489 e. The molecule has 0 saturated carbocycles. The van der Waals surface area contributed by atoms with Crippen LogP contribution >= 0.6 is 0 Å². The van der Waals surface area contributed by atoms with Gasteiger partial charge in [0, 0.05) is 43.7 Å². The highest BCUT2D eigenvalue weighted by molar-refractivity contribution is 6.02. The molecule has 0 bridgehead atoms. The van der Waals surface area contributed by atoms with Gasteiger partial charge in [-0.2, -0.15) is 0 Å². The minimum atomic E-state index is -0.346. The van der Waals surface area contributed by atoms with E-state index in [1.165, 1.54) is 5.56 Å². The maximum absolute atomic E-state index is 12.5. The van der Waals surface area contributed by atoms with Crippen molar-refractivity contribution >= 4 is 11.6 Å². The molecule has 1 amide bonds. The molecule has 2 aliphatic heterocycles. The number of hydrogen-bond acceptors (Lipinski definition) is 4. The van der Waals surface area contributed by atoms with E-state index in [0.29, 0.717) is 6.61 Å². The Bertz CT molecular complexity index is 841. The summed E-state index contributed by atoms with van der Waals surface area (Å²) in [6, 6.07) is 15.9. The predicted molar refractivity (Wildman–Crippen MR) is 107 cm³/mol. The van der Waals surface area contributed by atoms with E-state index in [-0.39, 0.29) is 11.6 Å². The van der Waals surface area contributed by atoms with Gasteiger partial charge in [-0.05, 0) is 18.2 Å². The molecule has 1 fully saturated rings. The van der Waals surface area contributed by atoms with Crippen LogP contribution < -0.4 is 15.4 Å². The lowest BCUT2D eigenvalue weighted by molar-refractivity contribution is 0.0821. The average molecular weight is 363 g/mol. The molecule has 1 spiro atoms. The Morgan fingerprint density at radius 2 is 1.81 bits per heavy atom. The van der Waals surface area contributed by atoms with E-state index >= 15 is 0 Å². The fraction of sp³-hybridized carbons (Fsp3) is 0.318. The lowest BCUT2D eigenvalue weighted by atomic mass is 9.92. The maximum atomic E-state index is 12.5. The second kappa shape index (κ2) is 7.45. The van der Waals surface area contributed by atoms with E-state index in [0.717, 1.165) is 49.5 Å². The third-order valence-corrected chi connectivity index (χ3v) is 5.33. The molecular weight excluding hydrogens is 338 g/mol. The first-order chi connectivity index (χ1) is 13.2. The molecular formula is C22H25N3O2. The number of rotatable bonds is 5. The van der Waals surface area contributed by atoms with E-state index in [2.05, 4.69) is 28.2 Å². The number of benzene rings is 2. The molecule has 2 heterocycles. The van der Waals surface area contributed by atoms with E-state index in [1.807, 2.05) is 42.5 Å². The van der Waals surface area contributed by atoms with Crippen LogP contribution in [-0.2, 0) is 6.54 Å². The monoisotopic (exact) mass is 363 g/mol. The van der Waals surface area contributed by atoms with Gasteiger partial charge in [0.15, 0.2) is 0 Å². The zero-order chi connectivity index (χ0) is 18.7. The average Bonchev–Trinajstić information content (AvgIpc) is 2.69. The van der Waals surface area contributed by atoms with Crippen molar-refractivity contribution in [3.8, 4) is 5.75 Å². The number of anilines is 1. The molecule has 2 aromatic rings. The van der Waals surface area contributed by atoms with Crippen LogP contribution in [0, 0.1) is 0 Å². The van der Waals surface area contributed by atoms with Crippen LogP contribution in [0.2, 0.25) is 0 Å². The number of carbonyl (C=O) groups excluding carboxylic acids is 1. The molecule has 0 unspecified atom stereocenters. The zero-order valence-corrected chi connectivity index (χ0v) is 15.4. The quantitative estimate of drug-likeness (QED) is 0.800. The van der Waals surface area contributed by atoms with Crippen molar-refractivity contribution in [3.63, 3.8) is 0 Å². The van der Waals surface area contributed by atoms with Gasteiger partial charge in [-0.3, -0.25) is 9.69 Å². The summed E-state index contributed by atoms with van der Waals surface area (Å²) < 4.78 is 5.78. The van der Waals surface area contributed by atoms with Crippen LogP contribution in [0.15, 0.2) is 61.2 Å². The van der Waals surface area contributed by atoms with E-state index in [9.17, 15) is 4.79 Å². The van der Waals surface area contributed by atoms with Gasteiger partial charge in [0.1, 0.15) is 18.0 Å². The van der Waals surface area contributed by atoms with Crippen LogP contribution in [0.5, 0.6) is 5.75 Å². The SMILES string of the molecule is C=CCOc1ccccc1CN1CCC2(CC1)NC(=O)c1ccccc1N2. The van der Waals surface area contributed by atoms with E-state index in [1.54, 1.807) is 6.08 Å². The molecule has 2 aromatic carbocycles. The third kappa shape index (κ3) is 3.69. The third-order valence-electron chi connectivity index (χ3n) is 5.33. The van der Waals surface area contributed by atoms with Gasteiger partial charge in [-0.1, -0.05) is 43.0 Å². The van der Waals surface area contributed by atoms with Crippen molar-refractivity contribution in [1.82, 2.24) is 10.2 Å². The van der Waals surface area contributed by atoms with Crippen molar-refractivity contribution in [2.24, 2.45) is 0 Å². The van der Waals surface area contributed by atoms with Crippen LogP contribution in [0.25, 0.3) is 0 Å². The number of piperidine rings is 1. The number of nitrogens with zero attached hydrogens (tertiary/aromatic N) is 1. The van der Waals surface area contributed by atoms with Gasteiger partial charge in [-0.15, -0.1) is 0 Å². The second-order valence-electron chi connectivity index (χ2n) is 7.19. The predicted octanol–water partition coefficient (Wildman–Crippen LogP) is 3.40. The minimum absolute atomic E-state index is 0.0148. The molecule has 5 nitrogen and oxygen atoms in total. The summed E-state index contributed by atoms with van der Waals surface area (Å²) in [5, 5.41) is 6.77. The molecule has 2 aliphatic rings.